The highest BCUT2D eigenvalue weighted by atomic mass is 19.3. The Bertz CT molecular complexity index is 662. The van der Waals surface area contributed by atoms with Crippen LogP contribution in [0, 0.1) is 13.8 Å². The van der Waals surface area contributed by atoms with E-state index in [4.69, 9.17) is 0 Å². The first-order chi connectivity index (χ1) is 10.4. The minimum Gasteiger partial charge on any atom is -0.323 e. The zero-order chi connectivity index (χ0) is 16.3. The number of carbonyl (C=O) groups excluding carboxylic acids is 1. The van der Waals surface area contributed by atoms with Gasteiger partial charge in [0.2, 0.25) is 5.91 Å². The molecular formula is C14H19F2N5O. The molecule has 0 radical (unpaired) electrons. The fourth-order valence-corrected chi connectivity index (χ4v) is 2.29. The summed E-state index contributed by atoms with van der Waals surface area (Å²) in [5.41, 5.74) is 1.87. The first-order valence-electron chi connectivity index (χ1n) is 7.07. The number of nitrogens with one attached hydrogen (secondary N) is 1. The monoisotopic (exact) mass is 311 g/mol. The number of halogens is 2. The van der Waals surface area contributed by atoms with E-state index in [2.05, 4.69) is 15.5 Å². The quantitative estimate of drug-likeness (QED) is 0.892. The number of aryl methyl sites for hydroxylation is 2. The fraction of sp³-hybridized carbons (Fsp3) is 0.500. The predicted molar refractivity (Wildman–Crippen MR) is 77.8 cm³/mol. The van der Waals surface area contributed by atoms with Crippen LogP contribution in [-0.4, -0.2) is 25.5 Å². The van der Waals surface area contributed by atoms with E-state index >= 15 is 0 Å². The van der Waals surface area contributed by atoms with Gasteiger partial charge >= 0.3 is 6.55 Å². The van der Waals surface area contributed by atoms with Crippen molar-refractivity contribution in [3.05, 3.63) is 29.3 Å². The molecule has 0 bridgehead atoms. The Kier molecular flexibility index (Phi) is 4.89. The van der Waals surface area contributed by atoms with Gasteiger partial charge in [-0.2, -0.15) is 19.0 Å². The number of carbonyl (C=O) groups is 1. The third kappa shape index (κ3) is 3.49. The lowest BCUT2D eigenvalue weighted by Gasteiger charge is -2.04. The van der Waals surface area contributed by atoms with E-state index in [0.29, 0.717) is 27.3 Å². The third-order valence-corrected chi connectivity index (χ3v) is 3.37. The number of hydrogen-bond donors (Lipinski definition) is 1. The molecule has 0 unspecified atom stereocenters. The number of nitrogens with zero attached hydrogens (tertiary/aromatic N) is 4. The van der Waals surface area contributed by atoms with E-state index in [1.54, 1.807) is 24.0 Å². The van der Waals surface area contributed by atoms with Crippen LogP contribution in [0.5, 0.6) is 0 Å². The SMILES string of the molecule is CCCn1cc(NC(=O)Cc2c(C)nn(C(F)F)c2C)cn1. The Balaban J connectivity index is 2.05. The molecule has 0 aromatic carbocycles. The fourth-order valence-electron chi connectivity index (χ4n) is 2.29. The van der Waals surface area contributed by atoms with Crippen molar-refractivity contribution in [2.45, 2.75) is 46.7 Å². The molecule has 2 aromatic heterocycles. The van der Waals surface area contributed by atoms with Gasteiger partial charge in [-0.05, 0) is 20.3 Å². The zero-order valence-electron chi connectivity index (χ0n) is 12.8. The maximum absolute atomic E-state index is 12.8. The highest BCUT2D eigenvalue weighted by Crippen LogP contribution is 2.20. The van der Waals surface area contributed by atoms with E-state index in [1.807, 2.05) is 6.92 Å². The Morgan fingerprint density at radius 1 is 1.41 bits per heavy atom. The third-order valence-electron chi connectivity index (χ3n) is 3.37. The van der Waals surface area contributed by atoms with Crippen molar-refractivity contribution >= 4 is 11.6 Å². The summed E-state index contributed by atoms with van der Waals surface area (Å²) in [7, 11) is 0. The second-order valence-electron chi connectivity index (χ2n) is 5.09. The van der Waals surface area contributed by atoms with E-state index in [1.165, 1.54) is 6.92 Å². The molecule has 0 spiro atoms. The van der Waals surface area contributed by atoms with Crippen LogP contribution in [0.1, 0.15) is 36.8 Å². The molecule has 0 aliphatic heterocycles. The highest BCUT2D eigenvalue weighted by molar-refractivity contribution is 5.92. The number of anilines is 1. The molecule has 2 heterocycles. The van der Waals surface area contributed by atoms with Gasteiger partial charge < -0.3 is 5.32 Å². The van der Waals surface area contributed by atoms with Gasteiger partial charge in [0, 0.05) is 24.0 Å². The number of alkyl halides is 2. The summed E-state index contributed by atoms with van der Waals surface area (Å²) in [5, 5.41) is 10.6. The first kappa shape index (κ1) is 16.1. The van der Waals surface area contributed by atoms with Gasteiger partial charge in [-0.15, -0.1) is 0 Å². The second-order valence-corrected chi connectivity index (χ2v) is 5.09. The molecule has 2 rings (SSSR count). The zero-order valence-corrected chi connectivity index (χ0v) is 12.8. The molecule has 6 nitrogen and oxygen atoms in total. The summed E-state index contributed by atoms with van der Waals surface area (Å²) < 4.78 is 27.9. The van der Waals surface area contributed by atoms with Crippen molar-refractivity contribution in [3.63, 3.8) is 0 Å². The molecule has 22 heavy (non-hydrogen) atoms. The van der Waals surface area contributed by atoms with Crippen LogP contribution in [0.25, 0.3) is 0 Å². The number of aromatic nitrogens is 4. The molecule has 8 heteroatoms. The van der Waals surface area contributed by atoms with Crippen LogP contribution in [0.2, 0.25) is 0 Å². The van der Waals surface area contributed by atoms with Crippen molar-refractivity contribution in [2.75, 3.05) is 5.32 Å². The summed E-state index contributed by atoms with van der Waals surface area (Å²) >= 11 is 0. The van der Waals surface area contributed by atoms with E-state index in [9.17, 15) is 13.6 Å². The standard InChI is InChI=1S/C14H19F2N5O/c1-4-5-20-8-11(7-17-20)18-13(22)6-12-9(2)19-21(10(12)3)14(15)16/h7-8,14H,4-6H2,1-3H3,(H,18,22). The topological polar surface area (TPSA) is 64.7 Å². The summed E-state index contributed by atoms with van der Waals surface area (Å²) in [5.74, 6) is -0.281. The molecule has 0 atom stereocenters. The maximum Gasteiger partial charge on any atom is 0.333 e. The molecule has 0 saturated carbocycles. The lowest BCUT2D eigenvalue weighted by molar-refractivity contribution is -0.115. The minimum atomic E-state index is -2.71. The van der Waals surface area contributed by atoms with Gasteiger partial charge in [0.1, 0.15) is 0 Å². The lowest BCUT2D eigenvalue weighted by Crippen LogP contribution is -2.15. The molecule has 1 amide bonds. The van der Waals surface area contributed by atoms with E-state index in [-0.39, 0.29) is 12.3 Å². The van der Waals surface area contributed by atoms with Crippen molar-refractivity contribution < 1.29 is 13.6 Å². The summed E-state index contributed by atoms with van der Waals surface area (Å²) in [6.45, 7) is 3.26. The lowest BCUT2D eigenvalue weighted by atomic mass is 10.1. The van der Waals surface area contributed by atoms with Crippen LogP contribution >= 0.6 is 0 Å². The van der Waals surface area contributed by atoms with Crippen LogP contribution in [0.15, 0.2) is 12.4 Å². The summed E-state index contributed by atoms with van der Waals surface area (Å²) in [6.07, 6.45) is 4.25. The average Bonchev–Trinajstić information content (AvgIpc) is 2.98. The molecule has 0 aliphatic carbocycles. The molecule has 1 N–H and O–H groups in total. The van der Waals surface area contributed by atoms with Crippen LogP contribution in [-0.2, 0) is 17.8 Å². The predicted octanol–water partition coefficient (Wildman–Crippen LogP) is 2.68. The smallest absolute Gasteiger partial charge is 0.323 e. The maximum atomic E-state index is 12.8. The van der Waals surface area contributed by atoms with Gasteiger partial charge in [0.25, 0.3) is 0 Å². The van der Waals surface area contributed by atoms with Gasteiger partial charge in [-0.1, -0.05) is 6.92 Å². The van der Waals surface area contributed by atoms with E-state index in [0.717, 1.165) is 13.0 Å². The second kappa shape index (κ2) is 6.67. The van der Waals surface area contributed by atoms with Crippen molar-refractivity contribution in [2.24, 2.45) is 0 Å². The van der Waals surface area contributed by atoms with Gasteiger partial charge in [0.05, 0.1) is 24.0 Å². The van der Waals surface area contributed by atoms with Crippen LogP contribution in [0.4, 0.5) is 14.5 Å². The van der Waals surface area contributed by atoms with Gasteiger partial charge in [-0.25, -0.2) is 4.68 Å². The molecule has 2 aromatic rings. The molecular weight excluding hydrogens is 292 g/mol. The molecule has 0 aliphatic rings. The Morgan fingerprint density at radius 3 is 2.73 bits per heavy atom. The van der Waals surface area contributed by atoms with Crippen molar-refractivity contribution in [1.29, 1.82) is 0 Å². The van der Waals surface area contributed by atoms with Crippen LogP contribution < -0.4 is 5.32 Å². The number of hydrogen-bond acceptors (Lipinski definition) is 3. The van der Waals surface area contributed by atoms with Gasteiger partial charge in [-0.3, -0.25) is 9.48 Å². The normalized spacial score (nSPS) is 11.2. The molecule has 0 fully saturated rings. The summed E-state index contributed by atoms with van der Waals surface area (Å²) in [6, 6.07) is 0. The Morgan fingerprint density at radius 2 is 2.14 bits per heavy atom. The Labute approximate surface area is 127 Å². The average molecular weight is 311 g/mol. The highest BCUT2D eigenvalue weighted by Gasteiger charge is 2.19. The van der Waals surface area contributed by atoms with Crippen LogP contribution in [0.3, 0.4) is 0 Å². The summed E-state index contributed by atoms with van der Waals surface area (Å²) in [4.78, 5) is 12.1. The van der Waals surface area contributed by atoms with Crippen molar-refractivity contribution in [3.8, 4) is 0 Å². The minimum absolute atomic E-state index is 0.00332. The molecule has 120 valence electrons. The number of rotatable bonds is 6. The van der Waals surface area contributed by atoms with Crippen molar-refractivity contribution in [1.82, 2.24) is 19.6 Å². The first-order valence-corrected chi connectivity index (χ1v) is 7.07. The van der Waals surface area contributed by atoms with Gasteiger partial charge in [0.15, 0.2) is 0 Å². The molecule has 0 saturated heterocycles. The van der Waals surface area contributed by atoms with E-state index < -0.39 is 6.55 Å². The Hall–Kier alpha value is -2.25. The number of amides is 1. The largest absolute Gasteiger partial charge is 0.333 e.